The second-order valence-corrected chi connectivity index (χ2v) is 11.8. The highest BCUT2D eigenvalue weighted by Gasteiger charge is 2.17. The summed E-state index contributed by atoms with van der Waals surface area (Å²) in [4.78, 5) is 12.9. The van der Waals surface area contributed by atoms with Crippen molar-refractivity contribution < 1.29 is 21.6 Å². The molecule has 0 aliphatic carbocycles. The fourth-order valence-corrected chi connectivity index (χ4v) is 5.73. The maximum absolute atomic E-state index is 12.8. The molecule has 0 bridgehead atoms. The van der Waals surface area contributed by atoms with Gasteiger partial charge in [-0.15, -0.1) is 0 Å². The Bertz CT molecular complexity index is 1660. The number of carbonyl (C=O) groups excluding carboxylic acids is 1. The van der Waals surface area contributed by atoms with Gasteiger partial charge in [-0.1, -0.05) is 41.9 Å². The van der Waals surface area contributed by atoms with Crippen LogP contribution >= 0.6 is 11.6 Å². The minimum absolute atomic E-state index is 0.00203. The van der Waals surface area contributed by atoms with Gasteiger partial charge in [0.05, 0.1) is 15.5 Å². The summed E-state index contributed by atoms with van der Waals surface area (Å²) in [6.07, 6.45) is 0. The van der Waals surface area contributed by atoms with Gasteiger partial charge in [-0.05, 0) is 79.2 Å². The molecule has 3 N–H and O–H groups in total. The van der Waals surface area contributed by atoms with E-state index in [4.69, 9.17) is 11.6 Å². The number of nitrogens with one attached hydrogen (secondary N) is 3. The fraction of sp³-hybridized carbons (Fsp3) is 0.0385. The molecule has 0 aliphatic rings. The van der Waals surface area contributed by atoms with Gasteiger partial charge in [-0.25, -0.2) is 16.8 Å². The van der Waals surface area contributed by atoms with Crippen molar-refractivity contribution in [2.24, 2.45) is 0 Å². The van der Waals surface area contributed by atoms with Crippen LogP contribution in [0.15, 0.2) is 107 Å². The minimum atomic E-state index is -3.88. The van der Waals surface area contributed by atoms with E-state index in [0.717, 1.165) is 0 Å². The maximum Gasteiger partial charge on any atom is 0.261 e. The van der Waals surface area contributed by atoms with Crippen molar-refractivity contribution in [2.45, 2.75) is 16.7 Å². The highest BCUT2D eigenvalue weighted by Crippen LogP contribution is 2.24. The number of anilines is 3. The average molecular weight is 556 g/mol. The van der Waals surface area contributed by atoms with Crippen molar-refractivity contribution in [1.82, 2.24) is 0 Å². The highest BCUT2D eigenvalue weighted by atomic mass is 35.5. The first-order valence-corrected chi connectivity index (χ1v) is 14.3. The number of sulfonamides is 2. The molecule has 0 radical (unpaired) electrons. The van der Waals surface area contributed by atoms with E-state index in [1.807, 2.05) is 0 Å². The van der Waals surface area contributed by atoms with Crippen LogP contribution in [-0.4, -0.2) is 22.7 Å². The molecular formula is C26H22ClN3O5S2. The first-order chi connectivity index (χ1) is 17.5. The van der Waals surface area contributed by atoms with E-state index in [9.17, 15) is 21.6 Å². The molecule has 4 aromatic rings. The quantitative estimate of drug-likeness (QED) is 0.265. The van der Waals surface area contributed by atoms with E-state index >= 15 is 0 Å². The Kier molecular flexibility index (Phi) is 7.53. The summed E-state index contributed by atoms with van der Waals surface area (Å²) in [5.74, 6) is -0.496. The first-order valence-electron chi connectivity index (χ1n) is 10.9. The van der Waals surface area contributed by atoms with E-state index in [1.165, 1.54) is 60.7 Å². The first kappa shape index (κ1) is 26.2. The average Bonchev–Trinajstić information content (AvgIpc) is 2.87. The smallest absolute Gasteiger partial charge is 0.261 e. The lowest BCUT2D eigenvalue weighted by Gasteiger charge is -2.12. The lowest BCUT2D eigenvalue weighted by Crippen LogP contribution is -2.16. The summed E-state index contributed by atoms with van der Waals surface area (Å²) in [6.45, 7) is 1.76. The van der Waals surface area contributed by atoms with Gasteiger partial charge < -0.3 is 5.32 Å². The molecule has 37 heavy (non-hydrogen) atoms. The molecule has 4 rings (SSSR count). The van der Waals surface area contributed by atoms with E-state index < -0.39 is 26.0 Å². The minimum Gasteiger partial charge on any atom is -0.322 e. The van der Waals surface area contributed by atoms with Crippen LogP contribution < -0.4 is 14.8 Å². The maximum atomic E-state index is 12.8. The molecule has 1 amide bonds. The number of halogens is 1. The Morgan fingerprint density at radius 2 is 1.32 bits per heavy atom. The van der Waals surface area contributed by atoms with Crippen LogP contribution in [0, 0.1) is 6.92 Å². The third-order valence-electron chi connectivity index (χ3n) is 5.30. The molecule has 0 spiro atoms. The van der Waals surface area contributed by atoms with Crippen LogP contribution in [0.1, 0.15) is 15.9 Å². The van der Waals surface area contributed by atoms with Crippen molar-refractivity contribution in [3.05, 3.63) is 113 Å². The Hall–Kier alpha value is -3.86. The number of hydrogen-bond donors (Lipinski definition) is 3. The van der Waals surface area contributed by atoms with E-state index in [2.05, 4.69) is 14.8 Å². The van der Waals surface area contributed by atoms with Crippen molar-refractivity contribution in [2.75, 3.05) is 14.8 Å². The van der Waals surface area contributed by atoms with Gasteiger partial charge in [0.15, 0.2) is 0 Å². The predicted molar refractivity (Wildman–Crippen MR) is 145 cm³/mol. The number of benzene rings is 4. The Morgan fingerprint density at radius 3 is 2.03 bits per heavy atom. The summed E-state index contributed by atoms with van der Waals surface area (Å²) >= 11 is 5.97. The molecule has 0 saturated heterocycles. The molecule has 0 fully saturated rings. The second kappa shape index (κ2) is 10.6. The summed E-state index contributed by atoms with van der Waals surface area (Å²) in [7, 11) is -7.70. The second-order valence-electron chi connectivity index (χ2n) is 8.04. The monoisotopic (exact) mass is 555 g/mol. The van der Waals surface area contributed by atoms with Crippen LogP contribution in [-0.2, 0) is 20.0 Å². The summed E-state index contributed by atoms with van der Waals surface area (Å²) in [6, 6.07) is 24.4. The molecule has 190 valence electrons. The molecule has 0 atom stereocenters. The lowest BCUT2D eigenvalue weighted by atomic mass is 10.2. The van der Waals surface area contributed by atoms with Crippen LogP contribution in [0.3, 0.4) is 0 Å². The molecule has 0 saturated carbocycles. The Balaban J connectivity index is 1.46. The Labute approximate surface area is 220 Å². The van der Waals surface area contributed by atoms with E-state index in [-0.39, 0.29) is 21.0 Å². The van der Waals surface area contributed by atoms with E-state index in [0.29, 0.717) is 22.0 Å². The lowest BCUT2D eigenvalue weighted by molar-refractivity contribution is 0.102. The normalized spacial score (nSPS) is 11.5. The van der Waals surface area contributed by atoms with Gasteiger partial charge in [-0.3, -0.25) is 14.2 Å². The molecule has 8 nitrogen and oxygen atoms in total. The zero-order valence-electron chi connectivity index (χ0n) is 19.5. The van der Waals surface area contributed by atoms with Crippen LogP contribution in [0.25, 0.3) is 0 Å². The predicted octanol–water partition coefficient (Wildman–Crippen LogP) is 5.50. The van der Waals surface area contributed by atoms with Gasteiger partial charge in [0.2, 0.25) is 0 Å². The fourth-order valence-electron chi connectivity index (χ4n) is 3.37. The molecule has 11 heteroatoms. The van der Waals surface area contributed by atoms with Gasteiger partial charge in [0.1, 0.15) is 0 Å². The van der Waals surface area contributed by atoms with Crippen molar-refractivity contribution in [3.63, 3.8) is 0 Å². The molecule has 4 aromatic carbocycles. The molecule has 0 heterocycles. The third-order valence-corrected chi connectivity index (χ3v) is 8.31. The summed E-state index contributed by atoms with van der Waals surface area (Å²) in [5, 5.41) is 3.08. The van der Waals surface area contributed by atoms with E-state index in [1.54, 1.807) is 43.3 Å². The third kappa shape index (κ3) is 6.48. The van der Waals surface area contributed by atoms with Gasteiger partial charge in [0.25, 0.3) is 26.0 Å². The number of carbonyl (C=O) groups is 1. The zero-order chi connectivity index (χ0) is 26.6. The topological polar surface area (TPSA) is 121 Å². The van der Waals surface area contributed by atoms with Crippen LogP contribution in [0.5, 0.6) is 0 Å². The zero-order valence-corrected chi connectivity index (χ0v) is 21.9. The van der Waals surface area contributed by atoms with Gasteiger partial charge in [0, 0.05) is 22.0 Å². The van der Waals surface area contributed by atoms with Crippen molar-refractivity contribution in [1.29, 1.82) is 0 Å². The number of aryl methyl sites for hydroxylation is 1. The van der Waals surface area contributed by atoms with Gasteiger partial charge in [-0.2, -0.15) is 0 Å². The molecule has 0 aromatic heterocycles. The summed E-state index contributed by atoms with van der Waals surface area (Å²) in [5.41, 5.74) is 1.87. The summed E-state index contributed by atoms with van der Waals surface area (Å²) < 4.78 is 55.6. The van der Waals surface area contributed by atoms with Crippen molar-refractivity contribution >= 4 is 54.6 Å². The molecular weight excluding hydrogens is 534 g/mol. The molecule has 0 unspecified atom stereocenters. The number of hydrogen-bond acceptors (Lipinski definition) is 5. The SMILES string of the molecule is Cc1ccc(Cl)cc1NS(=O)(=O)c1ccc(NC(=O)c2cccc(NS(=O)(=O)c3ccccc3)c2)cc1. The van der Waals surface area contributed by atoms with Crippen LogP contribution in [0.2, 0.25) is 5.02 Å². The van der Waals surface area contributed by atoms with Gasteiger partial charge >= 0.3 is 0 Å². The number of rotatable bonds is 8. The highest BCUT2D eigenvalue weighted by molar-refractivity contribution is 7.93. The standard InChI is InChI=1S/C26H22ClN3O5S2/c1-18-10-11-20(27)17-25(18)30-37(34,35)24-14-12-21(13-15-24)28-26(31)19-6-5-7-22(16-19)29-36(32,33)23-8-3-2-4-9-23/h2-17,29-30H,1H3,(H,28,31). The Morgan fingerprint density at radius 1 is 0.676 bits per heavy atom. The van der Waals surface area contributed by atoms with Crippen LogP contribution in [0.4, 0.5) is 17.1 Å². The van der Waals surface area contributed by atoms with Crippen molar-refractivity contribution in [3.8, 4) is 0 Å². The molecule has 0 aliphatic heterocycles. The largest absolute Gasteiger partial charge is 0.322 e. The number of amides is 1.